The van der Waals surface area contributed by atoms with Gasteiger partial charge in [-0.25, -0.2) is 9.97 Å². The van der Waals surface area contributed by atoms with Gasteiger partial charge in [0.25, 0.3) is 0 Å². The summed E-state index contributed by atoms with van der Waals surface area (Å²) in [7, 11) is 0. The quantitative estimate of drug-likeness (QED) is 0.692. The zero-order valence-corrected chi connectivity index (χ0v) is 11.3. The lowest BCUT2D eigenvalue weighted by atomic mass is 10.3. The molecule has 3 aromatic rings. The molecule has 0 aromatic carbocycles. The molecule has 0 amide bonds. The van der Waals surface area contributed by atoms with Gasteiger partial charge in [-0.3, -0.25) is 5.10 Å². The Bertz CT molecular complexity index is 640. The maximum Gasteiger partial charge on any atom is 0.125 e. The Balaban J connectivity index is 2.15. The molecule has 0 saturated heterocycles. The van der Waals surface area contributed by atoms with Crippen molar-refractivity contribution < 1.29 is 0 Å². The molecule has 3 rings (SSSR count). The maximum atomic E-state index is 4.22. The van der Waals surface area contributed by atoms with Crippen molar-refractivity contribution in [3.63, 3.8) is 0 Å². The van der Waals surface area contributed by atoms with E-state index >= 15 is 0 Å². The van der Waals surface area contributed by atoms with Crippen molar-refractivity contribution in [1.82, 2.24) is 20.2 Å². The lowest BCUT2D eigenvalue weighted by Crippen LogP contribution is -1.85. The standard InChI is InChI=1S/C10H7IN4S/c1-5-12-3-6(4-13-5)8-2-7-9(16-8)10(11)15-14-7/h2-4H,1H3,(H,14,15). The molecular formula is C10H7IN4S. The molecule has 0 spiro atoms. The summed E-state index contributed by atoms with van der Waals surface area (Å²) in [5.41, 5.74) is 2.05. The number of hydrogen-bond acceptors (Lipinski definition) is 4. The monoisotopic (exact) mass is 342 g/mol. The van der Waals surface area contributed by atoms with Gasteiger partial charge in [0, 0.05) is 22.8 Å². The summed E-state index contributed by atoms with van der Waals surface area (Å²) < 4.78 is 2.27. The lowest BCUT2D eigenvalue weighted by molar-refractivity contribution is 1.06. The Labute approximate surface area is 109 Å². The second kappa shape index (κ2) is 3.77. The largest absolute Gasteiger partial charge is 0.270 e. The molecule has 0 atom stereocenters. The SMILES string of the molecule is Cc1ncc(-c2cc3n[nH]c(I)c3s2)cn1. The number of thiophene rings is 1. The summed E-state index contributed by atoms with van der Waals surface area (Å²) in [5.74, 6) is 0.792. The summed E-state index contributed by atoms with van der Waals surface area (Å²) >= 11 is 3.96. The Morgan fingerprint density at radius 1 is 1.31 bits per heavy atom. The molecule has 3 aromatic heterocycles. The van der Waals surface area contributed by atoms with Gasteiger partial charge in [0.2, 0.25) is 0 Å². The predicted octanol–water partition coefficient (Wildman–Crippen LogP) is 2.99. The number of aromatic amines is 1. The molecule has 0 radical (unpaired) electrons. The number of aryl methyl sites for hydroxylation is 1. The normalized spacial score (nSPS) is 11.1. The van der Waals surface area contributed by atoms with Crippen molar-refractivity contribution in [3.05, 3.63) is 28.0 Å². The van der Waals surface area contributed by atoms with E-state index in [-0.39, 0.29) is 0 Å². The molecule has 0 aliphatic carbocycles. The highest BCUT2D eigenvalue weighted by atomic mass is 127. The molecule has 0 fully saturated rings. The van der Waals surface area contributed by atoms with Gasteiger partial charge < -0.3 is 0 Å². The van der Waals surface area contributed by atoms with Crippen LogP contribution in [0, 0.1) is 10.6 Å². The van der Waals surface area contributed by atoms with Crippen LogP contribution in [-0.4, -0.2) is 20.2 Å². The zero-order chi connectivity index (χ0) is 11.1. The number of nitrogens with zero attached hydrogens (tertiary/aromatic N) is 3. The minimum atomic E-state index is 0.792. The fourth-order valence-corrected chi connectivity index (χ4v) is 3.13. The molecule has 1 N–H and O–H groups in total. The summed E-state index contributed by atoms with van der Waals surface area (Å²) in [6, 6.07) is 2.06. The zero-order valence-electron chi connectivity index (χ0n) is 8.36. The van der Waals surface area contributed by atoms with E-state index in [1.807, 2.05) is 19.3 Å². The fraction of sp³-hybridized carbons (Fsp3) is 0.100. The van der Waals surface area contributed by atoms with Gasteiger partial charge in [0.05, 0.1) is 4.70 Å². The van der Waals surface area contributed by atoms with E-state index in [0.717, 1.165) is 25.5 Å². The second-order valence-corrected chi connectivity index (χ2v) is 5.51. The van der Waals surface area contributed by atoms with Crippen LogP contribution in [0.15, 0.2) is 18.5 Å². The van der Waals surface area contributed by atoms with Crippen LogP contribution in [0.25, 0.3) is 20.7 Å². The Hall–Kier alpha value is -1.02. The summed E-state index contributed by atoms with van der Waals surface area (Å²) in [5, 5.41) is 7.18. The highest BCUT2D eigenvalue weighted by Gasteiger charge is 2.09. The number of aromatic nitrogens is 4. The Morgan fingerprint density at radius 3 is 2.75 bits per heavy atom. The smallest absolute Gasteiger partial charge is 0.125 e. The van der Waals surface area contributed by atoms with Crippen LogP contribution >= 0.6 is 33.9 Å². The maximum absolute atomic E-state index is 4.22. The first-order valence-electron chi connectivity index (χ1n) is 4.66. The molecule has 0 bridgehead atoms. The summed E-state index contributed by atoms with van der Waals surface area (Å²) in [6.07, 6.45) is 3.70. The predicted molar refractivity (Wildman–Crippen MR) is 72.5 cm³/mol. The van der Waals surface area contributed by atoms with Crippen LogP contribution in [0.4, 0.5) is 0 Å². The van der Waals surface area contributed by atoms with E-state index in [1.54, 1.807) is 11.3 Å². The van der Waals surface area contributed by atoms with Gasteiger partial charge in [-0.1, -0.05) is 0 Å². The molecule has 3 heterocycles. The van der Waals surface area contributed by atoms with Crippen molar-refractivity contribution in [1.29, 1.82) is 0 Å². The van der Waals surface area contributed by atoms with Crippen molar-refractivity contribution in [2.45, 2.75) is 6.92 Å². The third kappa shape index (κ3) is 1.61. The minimum Gasteiger partial charge on any atom is -0.270 e. The van der Waals surface area contributed by atoms with Gasteiger partial charge in [0.15, 0.2) is 0 Å². The van der Waals surface area contributed by atoms with Crippen LogP contribution < -0.4 is 0 Å². The van der Waals surface area contributed by atoms with E-state index in [0.29, 0.717) is 0 Å². The first kappa shape index (κ1) is 10.2. The molecule has 0 aliphatic rings. The number of hydrogen-bond donors (Lipinski definition) is 1. The number of nitrogens with one attached hydrogen (secondary N) is 1. The van der Waals surface area contributed by atoms with E-state index < -0.39 is 0 Å². The highest BCUT2D eigenvalue weighted by molar-refractivity contribution is 14.1. The Morgan fingerprint density at radius 2 is 2.06 bits per heavy atom. The van der Waals surface area contributed by atoms with Crippen molar-refractivity contribution in [3.8, 4) is 10.4 Å². The number of rotatable bonds is 1. The Kier molecular flexibility index (Phi) is 2.40. The van der Waals surface area contributed by atoms with Crippen molar-refractivity contribution in [2.24, 2.45) is 0 Å². The van der Waals surface area contributed by atoms with Crippen LogP contribution in [0.3, 0.4) is 0 Å². The fourth-order valence-electron chi connectivity index (χ4n) is 1.44. The van der Waals surface area contributed by atoms with Crippen molar-refractivity contribution >= 4 is 44.1 Å². The second-order valence-electron chi connectivity index (χ2n) is 3.38. The van der Waals surface area contributed by atoms with Crippen LogP contribution in [0.5, 0.6) is 0 Å². The molecular weight excluding hydrogens is 335 g/mol. The van der Waals surface area contributed by atoms with Crippen LogP contribution in [0.1, 0.15) is 5.82 Å². The highest BCUT2D eigenvalue weighted by Crippen LogP contribution is 2.33. The van der Waals surface area contributed by atoms with E-state index in [4.69, 9.17) is 0 Å². The van der Waals surface area contributed by atoms with E-state index in [9.17, 15) is 0 Å². The average Bonchev–Trinajstić information content (AvgIpc) is 2.83. The third-order valence-corrected chi connectivity index (χ3v) is 4.59. The van der Waals surface area contributed by atoms with E-state index in [1.165, 1.54) is 4.70 Å². The molecule has 80 valence electrons. The van der Waals surface area contributed by atoms with Crippen molar-refractivity contribution in [2.75, 3.05) is 0 Å². The first-order valence-corrected chi connectivity index (χ1v) is 6.56. The molecule has 6 heteroatoms. The van der Waals surface area contributed by atoms with Gasteiger partial charge in [-0.15, -0.1) is 11.3 Å². The number of H-pyrrole nitrogens is 1. The molecule has 0 unspecified atom stereocenters. The molecule has 16 heavy (non-hydrogen) atoms. The molecule has 0 aliphatic heterocycles. The number of halogens is 1. The van der Waals surface area contributed by atoms with Crippen LogP contribution in [-0.2, 0) is 0 Å². The average molecular weight is 342 g/mol. The first-order chi connectivity index (χ1) is 7.74. The molecule has 4 nitrogen and oxygen atoms in total. The third-order valence-electron chi connectivity index (χ3n) is 2.25. The van der Waals surface area contributed by atoms with Gasteiger partial charge in [0.1, 0.15) is 15.0 Å². The van der Waals surface area contributed by atoms with Gasteiger partial charge in [-0.05, 0) is 35.6 Å². The number of fused-ring (bicyclic) bond motifs is 1. The molecule has 0 saturated carbocycles. The van der Waals surface area contributed by atoms with E-state index in [2.05, 4.69) is 48.8 Å². The van der Waals surface area contributed by atoms with Gasteiger partial charge >= 0.3 is 0 Å². The minimum absolute atomic E-state index is 0.792. The lowest BCUT2D eigenvalue weighted by Gasteiger charge is -1.95. The van der Waals surface area contributed by atoms with Crippen LogP contribution in [0.2, 0.25) is 0 Å². The topological polar surface area (TPSA) is 54.5 Å². The van der Waals surface area contributed by atoms with Gasteiger partial charge in [-0.2, -0.15) is 5.10 Å². The summed E-state index contributed by atoms with van der Waals surface area (Å²) in [6.45, 7) is 1.88. The summed E-state index contributed by atoms with van der Waals surface area (Å²) in [4.78, 5) is 9.55.